The van der Waals surface area contributed by atoms with Gasteiger partial charge in [-0.1, -0.05) is 6.07 Å². The molecule has 0 saturated heterocycles. The maximum Gasteiger partial charge on any atom is 0.296 e. The Kier molecular flexibility index (Phi) is 5.38. The molecular formula is C17H16N4O7S2. The summed E-state index contributed by atoms with van der Waals surface area (Å²) >= 11 is 0. The number of nitrogens with two attached hydrogens (primary N) is 2. The van der Waals surface area contributed by atoms with E-state index in [0.717, 1.165) is 12.1 Å². The Morgan fingerprint density at radius 3 is 2.07 bits per heavy atom. The topological polar surface area (TPSA) is 195 Å². The van der Waals surface area contributed by atoms with E-state index in [1.165, 1.54) is 37.4 Å². The van der Waals surface area contributed by atoms with Gasteiger partial charge < -0.3 is 16.2 Å². The van der Waals surface area contributed by atoms with Crippen LogP contribution < -0.4 is 16.2 Å². The second-order valence-electron chi connectivity index (χ2n) is 6.09. The van der Waals surface area contributed by atoms with Crippen molar-refractivity contribution in [2.75, 3.05) is 18.6 Å². The van der Waals surface area contributed by atoms with Crippen LogP contribution in [0.25, 0.3) is 10.8 Å². The molecule has 0 fully saturated rings. The van der Waals surface area contributed by atoms with E-state index in [2.05, 4.69) is 10.2 Å². The van der Waals surface area contributed by atoms with Gasteiger partial charge in [-0.3, -0.25) is 9.11 Å². The van der Waals surface area contributed by atoms with Crippen LogP contribution in [0.3, 0.4) is 0 Å². The van der Waals surface area contributed by atoms with Crippen molar-refractivity contribution < 1.29 is 30.7 Å². The van der Waals surface area contributed by atoms with Crippen LogP contribution in [0.15, 0.2) is 62.5 Å². The molecule has 0 radical (unpaired) electrons. The molecule has 11 nitrogen and oxygen atoms in total. The van der Waals surface area contributed by atoms with Gasteiger partial charge in [-0.15, -0.1) is 10.2 Å². The van der Waals surface area contributed by atoms with Gasteiger partial charge in [0.15, 0.2) is 0 Å². The molecular weight excluding hydrogens is 436 g/mol. The number of methoxy groups -OCH3 is 1. The number of ether oxygens (including phenoxy) is 1. The highest BCUT2D eigenvalue weighted by molar-refractivity contribution is 7.86. The van der Waals surface area contributed by atoms with Crippen molar-refractivity contribution in [1.82, 2.24) is 0 Å². The van der Waals surface area contributed by atoms with E-state index in [4.69, 9.17) is 16.2 Å². The van der Waals surface area contributed by atoms with E-state index in [9.17, 15) is 25.9 Å². The zero-order valence-corrected chi connectivity index (χ0v) is 17.0. The van der Waals surface area contributed by atoms with E-state index in [1.807, 2.05) is 0 Å². The SMILES string of the molecule is COc1cc(N)c(S(=O)(=O)O)cc1/N=N/c1ccc(N)c2ccc(S(=O)(=O)O)cc12. The van der Waals surface area contributed by atoms with Crippen molar-refractivity contribution in [3.05, 3.63) is 42.5 Å². The van der Waals surface area contributed by atoms with E-state index in [1.54, 1.807) is 0 Å². The Labute approximate surface area is 171 Å². The van der Waals surface area contributed by atoms with Crippen molar-refractivity contribution in [3.8, 4) is 5.75 Å². The van der Waals surface area contributed by atoms with Gasteiger partial charge in [0.1, 0.15) is 16.3 Å². The van der Waals surface area contributed by atoms with Crippen molar-refractivity contribution in [1.29, 1.82) is 0 Å². The van der Waals surface area contributed by atoms with E-state index in [0.29, 0.717) is 11.1 Å². The highest BCUT2D eigenvalue weighted by Crippen LogP contribution is 2.37. The second kappa shape index (κ2) is 7.53. The second-order valence-corrected chi connectivity index (χ2v) is 8.90. The van der Waals surface area contributed by atoms with Crippen LogP contribution >= 0.6 is 0 Å². The molecule has 0 aliphatic carbocycles. The molecule has 30 heavy (non-hydrogen) atoms. The lowest BCUT2D eigenvalue weighted by molar-refractivity contribution is 0.415. The minimum atomic E-state index is -4.62. The molecule has 158 valence electrons. The number of nitrogen functional groups attached to an aromatic ring is 2. The third-order valence-corrected chi connectivity index (χ3v) is 5.91. The van der Waals surface area contributed by atoms with Crippen LogP contribution in [0, 0.1) is 0 Å². The minimum Gasteiger partial charge on any atom is -0.494 e. The van der Waals surface area contributed by atoms with Crippen molar-refractivity contribution in [2.45, 2.75) is 9.79 Å². The maximum absolute atomic E-state index is 11.5. The average Bonchev–Trinajstić information content (AvgIpc) is 2.66. The van der Waals surface area contributed by atoms with Gasteiger partial charge in [0, 0.05) is 22.5 Å². The van der Waals surface area contributed by atoms with E-state index >= 15 is 0 Å². The Morgan fingerprint density at radius 1 is 0.800 bits per heavy atom. The predicted molar refractivity (Wildman–Crippen MR) is 110 cm³/mol. The molecule has 0 saturated carbocycles. The predicted octanol–water partition coefficient (Wildman–Crippen LogP) is 2.92. The molecule has 0 amide bonds. The molecule has 3 rings (SSSR count). The summed E-state index contributed by atoms with van der Waals surface area (Å²) in [6.45, 7) is 0. The monoisotopic (exact) mass is 452 g/mol. The highest BCUT2D eigenvalue weighted by Gasteiger charge is 2.18. The summed E-state index contributed by atoms with van der Waals surface area (Å²) in [6, 6.07) is 8.91. The third kappa shape index (κ3) is 4.18. The van der Waals surface area contributed by atoms with E-state index in [-0.39, 0.29) is 33.1 Å². The van der Waals surface area contributed by atoms with Crippen LogP contribution in [0.1, 0.15) is 0 Å². The third-order valence-electron chi connectivity index (χ3n) is 4.15. The zero-order valence-electron chi connectivity index (χ0n) is 15.3. The maximum atomic E-state index is 11.5. The largest absolute Gasteiger partial charge is 0.494 e. The smallest absolute Gasteiger partial charge is 0.296 e. The number of fused-ring (bicyclic) bond motifs is 1. The molecule has 0 bridgehead atoms. The fourth-order valence-corrected chi connectivity index (χ4v) is 3.84. The number of nitrogens with zero attached hydrogens (tertiary/aromatic N) is 2. The molecule has 13 heteroatoms. The first kappa shape index (κ1) is 21.4. The molecule has 0 atom stereocenters. The van der Waals surface area contributed by atoms with Gasteiger partial charge in [0.05, 0.1) is 23.4 Å². The van der Waals surface area contributed by atoms with Gasteiger partial charge in [-0.05, 0) is 30.3 Å². The molecule has 0 spiro atoms. The summed E-state index contributed by atoms with van der Waals surface area (Å²) in [7, 11) is -7.79. The van der Waals surface area contributed by atoms with Crippen molar-refractivity contribution in [2.24, 2.45) is 10.2 Å². The van der Waals surface area contributed by atoms with Crippen LogP contribution in [0.5, 0.6) is 5.75 Å². The van der Waals surface area contributed by atoms with Crippen molar-refractivity contribution in [3.63, 3.8) is 0 Å². The minimum absolute atomic E-state index is 0.0600. The summed E-state index contributed by atoms with van der Waals surface area (Å²) in [6.07, 6.45) is 0. The van der Waals surface area contributed by atoms with Gasteiger partial charge in [0.25, 0.3) is 20.2 Å². The standard InChI is InChI=1S/C17H16N4O7S2/c1-28-16-7-13(19)17(30(25,26)27)8-15(16)21-20-14-5-4-12(18)10-3-2-9(6-11(10)14)29(22,23)24/h2-8H,18-19H2,1H3,(H,22,23,24)(H,25,26,27)/b21-20+. The molecule has 6 N–H and O–H groups in total. The molecule has 0 aliphatic heterocycles. The average molecular weight is 452 g/mol. The number of hydrogen-bond acceptors (Lipinski definition) is 9. The van der Waals surface area contributed by atoms with Gasteiger partial charge >= 0.3 is 0 Å². The number of anilines is 2. The first-order valence-electron chi connectivity index (χ1n) is 8.08. The lowest BCUT2D eigenvalue weighted by Crippen LogP contribution is -2.03. The van der Waals surface area contributed by atoms with Crippen LogP contribution in [-0.2, 0) is 20.2 Å². The Balaban J connectivity index is 2.20. The number of azo groups is 1. The molecule has 0 aliphatic rings. The van der Waals surface area contributed by atoms with Crippen LogP contribution in [0.2, 0.25) is 0 Å². The van der Waals surface area contributed by atoms with Gasteiger partial charge in [-0.2, -0.15) is 16.8 Å². The lowest BCUT2D eigenvalue weighted by Gasteiger charge is -2.09. The molecule has 3 aromatic rings. The van der Waals surface area contributed by atoms with E-state index < -0.39 is 25.1 Å². The highest BCUT2D eigenvalue weighted by atomic mass is 32.2. The quantitative estimate of drug-likeness (QED) is 0.255. The first-order chi connectivity index (χ1) is 13.9. The Hall–Kier alpha value is -3.26. The fourth-order valence-electron chi connectivity index (χ4n) is 2.72. The van der Waals surface area contributed by atoms with Crippen molar-refractivity contribution >= 4 is 53.8 Å². The summed E-state index contributed by atoms with van der Waals surface area (Å²) in [5.74, 6) is 0.0852. The molecule has 0 unspecified atom stereocenters. The summed E-state index contributed by atoms with van der Waals surface area (Å²) in [4.78, 5) is -0.941. The fraction of sp³-hybridized carbons (Fsp3) is 0.0588. The number of rotatable bonds is 5. The number of hydrogen-bond donors (Lipinski definition) is 4. The van der Waals surface area contributed by atoms with Gasteiger partial charge in [0.2, 0.25) is 0 Å². The molecule has 0 heterocycles. The summed E-state index contributed by atoms with van der Waals surface area (Å²) < 4.78 is 69.6. The Morgan fingerprint density at radius 2 is 1.47 bits per heavy atom. The normalized spacial score (nSPS) is 12.5. The lowest BCUT2D eigenvalue weighted by atomic mass is 10.1. The summed E-state index contributed by atoms with van der Waals surface area (Å²) in [5, 5.41) is 8.71. The molecule has 0 aromatic heterocycles. The zero-order chi connectivity index (χ0) is 22.3. The Bertz CT molecular complexity index is 1400. The first-order valence-corrected chi connectivity index (χ1v) is 11.0. The van der Waals surface area contributed by atoms with Crippen LogP contribution in [-0.4, -0.2) is 33.1 Å². The van der Waals surface area contributed by atoms with Gasteiger partial charge in [-0.25, -0.2) is 0 Å². The number of benzene rings is 3. The molecule has 3 aromatic carbocycles. The van der Waals surface area contributed by atoms with Crippen LogP contribution in [0.4, 0.5) is 22.7 Å². The summed E-state index contributed by atoms with van der Waals surface area (Å²) in [5.41, 5.74) is 11.7.